The second-order valence-electron chi connectivity index (χ2n) is 14.7. The van der Waals surface area contributed by atoms with E-state index in [1.807, 2.05) is 20.8 Å². The third-order valence-electron chi connectivity index (χ3n) is 10.4. The van der Waals surface area contributed by atoms with Gasteiger partial charge >= 0.3 is 5.25 Å². The van der Waals surface area contributed by atoms with Gasteiger partial charge in [0.2, 0.25) is 0 Å². The zero-order chi connectivity index (χ0) is 31.9. The van der Waals surface area contributed by atoms with Gasteiger partial charge in [-0.3, -0.25) is 0 Å². The first kappa shape index (κ1) is 32.1. The molecular formula is C39H46F2O2SSi. The highest BCUT2D eigenvalue weighted by atomic mass is 32.1. The molecule has 4 aliphatic carbocycles. The van der Waals surface area contributed by atoms with Gasteiger partial charge in [0, 0.05) is 5.56 Å². The summed E-state index contributed by atoms with van der Waals surface area (Å²) < 4.78 is 38.7. The largest absolute Gasteiger partial charge is 0.491 e. The van der Waals surface area contributed by atoms with Gasteiger partial charge in [-0.05, 0) is 93.9 Å². The molecule has 3 aromatic rings. The maximum atomic E-state index is 13.6. The number of hydrogen-bond acceptors (Lipinski definition) is 3. The van der Waals surface area contributed by atoms with Gasteiger partial charge in [-0.1, -0.05) is 120 Å². The second kappa shape index (κ2) is 12.8. The van der Waals surface area contributed by atoms with Crippen molar-refractivity contribution >= 4 is 42.7 Å². The monoisotopic (exact) mass is 644 g/mol. The number of benzene rings is 3. The Hall–Kier alpha value is -2.83. The average molecular weight is 645 g/mol. The molecule has 7 rings (SSSR count). The summed E-state index contributed by atoms with van der Waals surface area (Å²) in [7, 11) is -1.74. The van der Waals surface area contributed by atoms with E-state index in [4.69, 9.17) is 9.47 Å². The number of alkyl halides is 2. The van der Waals surface area contributed by atoms with Crippen LogP contribution in [0.4, 0.5) is 8.78 Å². The van der Waals surface area contributed by atoms with Crippen molar-refractivity contribution in [3.63, 3.8) is 0 Å². The fourth-order valence-electron chi connectivity index (χ4n) is 8.69. The lowest BCUT2D eigenvalue weighted by molar-refractivity contribution is 0.0283. The maximum absolute atomic E-state index is 13.6. The zero-order valence-corrected chi connectivity index (χ0v) is 28.8. The SMILES string of the molecule is C=C(OC(C)(C)C)c1ccc([SiH](c2ccccc2)c2cccc(C3C4CC5CC3CC(C4)[C@H](COC(=C)C(F)(F)S)C5)c2)cc1. The van der Waals surface area contributed by atoms with Crippen LogP contribution in [0.2, 0.25) is 0 Å². The molecule has 4 fully saturated rings. The van der Waals surface area contributed by atoms with Gasteiger partial charge in [-0.15, -0.1) is 0 Å². The Morgan fingerprint density at radius 3 is 2.04 bits per heavy atom. The molecule has 0 aromatic heterocycles. The van der Waals surface area contributed by atoms with E-state index in [2.05, 4.69) is 105 Å². The summed E-state index contributed by atoms with van der Waals surface area (Å²) in [5, 5.41) is 0.936. The molecule has 4 saturated carbocycles. The summed E-state index contributed by atoms with van der Waals surface area (Å²) in [6.45, 7) is 14.1. The Labute approximate surface area is 275 Å². The van der Waals surface area contributed by atoms with Crippen molar-refractivity contribution in [1.29, 1.82) is 0 Å². The molecule has 0 spiro atoms. The van der Waals surface area contributed by atoms with Crippen LogP contribution in [-0.4, -0.2) is 26.3 Å². The molecule has 6 heteroatoms. The van der Waals surface area contributed by atoms with Crippen LogP contribution < -0.4 is 15.6 Å². The van der Waals surface area contributed by atoms with Crippen molar-refractivity contribution in [2.45, 2.75) is 69.6 Å². The normalized spacial score (nSPS) is 26.6. The third-order valence-corrected chi connectivity index (χ3v) is 13.7. The van der Waals surface area contributed by atoms with Gasteiger partial charge in [0.15, 0.2) is 5.76 Å². The number of hydrogen-bond donors (Lipinski definition) is 1. The topological polar surface area (TPSA) is 18.5 Å². The summed E-state index contributed by atoms with van der Waals surface area (Å²) >= 11 is 3.35. The third kappa shape index (κ3) is 7.28. The van der Waals surface area contributed by atoms with E-state index < -0.39 is 19.8 Å². The van der Waals surface area contributed by atoms with E-state index in [1.165, 1.54) is 34.0 Å². The van der Waals surface area contributed by atoms with Crippen LogP contribution in [0.25, 0.3) is 5.76 Å². The van der Waals surface area contributed by atoms with Crippen molar-refractivity contribution in [3.8, 4) is 0 Å². The molecule has 0 N–H and O–H groups in total. The van der Waals surface area contributed by atoms with Crippen LogP contribution in [-0.2, 0) is 9.47 Å². The van der Waals surface area contributed by atoms with E-state index in [9.17, 15) is 8.78 Å². The summed E-state index contributed by atoms with van der Waals surface area (Å²) in [5.74, 6) is 3.47. The fourth-order valence-corrected chi connectivity index (χ4v) is 11.8. The molecule has 4 aliphatic rings. The van der Waals surface area contributed by atoms with E-state index >= 15 is 0 Å². The molecule has 238 valence electrons. The fraction of sp³-hybridized carbons (Fsp3) is 0.436. The lowest BCUT2D eigenvalue weighted by atomic mass is 9.59. The number of rotatable bonds is 10. The number of ether oxygens (including phenoxy) is 2. The minimum absolute atomic E-state index is 0.289. The van der Waals surface area contributed by atoms with Crippen LogP contribution in [0.5, 0.6) is 0 Å². The number of thiol groups is 1. The van der Waals surface area contributed by atoms with Gasteiger partial charge in [0.05, 0.1) is 6.61 Å². The lowest BCUT2D eigenvalue weighted by Crippen LogP contribution is -2.52. The summed E-state index contributed by atoms with van der Waals surface area (Å²) in [6.07, 6.45) is 5.83. The van der Waals surface area contributed by atoms with Crippen molar-refractivity contribution in [3.05, 3.63) is 109 Å². The van der Waals surface area contributed by atoms with E-state index in [1.54, 1.807) is 0 Å². The summed E-state index contributed by atoms with van der Waals surface area (Å²) in [5.41, 5.74) is 2.21. The quantitative estimate of drug-likeness (QED) is 0.105. The Morgan fingerprint density at radius 2 is 1.42 bits per heavy atom. The minimum Gasteiger partial charge on any atom is -0.491 e. The minimum atomic E-state index is -3.30. The van der Waals surface area contributed by atoms with Gasteiger partial charge in [-0.25, -0.2) is 0 Å². The predicted molar refractivity (Wildman–Crippen MR) is 188 cm³/mol. The van der Waals surface area contributed by atoms with E-state index in [0.717, 1.165) is 24.8 Å². The molecule has 0 heterocycles. The first-order valence-corrected chi connectivity index (χ1v) is 18.6. The average Bonchev–Trinajstić information content (AvgIpc) is 3.20. The number of fused-ring (bicyclic) bond motifs is 1. The van der Waals surface area contributed by atoms with Crippen molar-refractivity contribution in [1.82, 2.24) is 0 Å². The molecule has 3 unspecified atom stereocenters. The lowest BCUT2D eigenvalue weighted by Gasteiger charge is -2.46. The summed E-state index contributed by atoms with van der Waals surface area (Å²) in [6, 6.07) is 29.3. The maximum Gasteiger partial charge on any atom is 0.346 e. The molecule has 0 saturated heterocycles. The van der Waals surface area contributed by atoms with Crippen molar-refractivity contribution in [2.24, 2.45) is 29.6 Å². The Balaban J connectivity index is 1.24. The molecular weight excluding hydrogens is 599 g/mol. The smallest absolute Gasteiger partial charge is 0.346 e. The highest BCUT2D eigenvalue weighted by Gasteiger charge is 2.49. The zero-order valence-electron chi connectivity index (χ0n) is 26.7. The Kier molecular flexibility index (Phi) is 9.10. The first-order chi connectivity index (χ1) is 21.4. The van der Waals surface area contributed by atoms with Crippen molar-refractivity contribution in [2.75, 3.05) is 6.61 Å². The van der Waals surface area contributed by atoms with Gasteiger partial charge in [0.1, 0.15) is 20.2 Å². The Bertz CT molecular complexity index is 1490. The van der Waals surface area contributed by atoms with Crippen LogP contribution in [0.3, 0.4) is 0 Å². The molecule has 0 aliphatic heterocycles. The first-order valence-electron chi connectivity index (χ1n) is 16.4. The highest BCUT2D eigenvalue weighted by Crippen LogP contribution is 2.59. The second-order valence-corrected chi connectivity index (χ2v) is 18.1. The molecule has 4 atom stereocenters. The molecule has 0 amide bonds. The van der Waals surface area contributed by atoms with Crippen LogP contribution in [0, 0.1) is 29.6 Å². The standard InChI is InChI=1S/C39H46F2O2SSi/c1-25(43-38(3,4)5)28-14-16-35(17-15-28)45(34-11-7-6-8-12-34)36-13-9-10-29(23-36)37-31-18-27-19-32(37)22-30(21-31)33(20-27)24-42-26(2)39(40,41)44/h6-17,23,27,30-33,37,44-45H,1-2,18-22,24H2,3-5H3/t27?,30?,31?,32?,33-,37?,45?/m0/s1. The molecule has 4 bridgehead atoms. The van der Waals surface area contributed by atoms with E-state index in [-0.39, 0.29) is 5.60 Å². The Morgan fingerprint density at radius 1 is 0.800 bits per heavy atom. The van der Waals surface area contributed by atoms with Gasteiger partial charge in [0.25, 0.3) is 0 Å². The highest BCUT2D eigenvalue weighted by molar-refractivity contribution is 7.81. The molecule has 0 radical (unpaired) electrons. The summed E-state index contributed by atoms with van der Waals surface area (Å²) in [4.78, 5) is 0. The van der Waals surface area contributed by atoms with Gasteiger partial charge in [-0.2, -0.15) is 8.78 Å². The van der Waals surface area contributed by atoms with Crippen LogP contribution in [0.15, 0.2) is 97.8 Å². The molecule has 45 heavy (non-hydrogen) atoms. The van der Waals surface area contributed by atoms with E-state index in [0.29, 0.717) is 47.9 Å². The predicted octanol–water partition coefficient (Wildman–Crippen LogP) is 7.93. The van der Waals surface area contributed by atoms with Crippen LogP contribution >= 0.6 is 12.6 Å². The molecule has 3 aromatic carbocycles. The van der Waals surface area contributed by atoms with Crippen molar-refractivity contribution < 1.29 is 18.3 Å². The van der Waals surface area contributed by atoms with Crippen LogP contribution in [0.1, 0.15) is 69.9 Å². The van der Waals surface area contributed by atoms with Gasteiger partial charge < -0.3 is 9.47 Å². The molecule has 2 nitrogen and oxygen atoms in total. The number of halogens is 2.